The van der Waals surface area contributed by atoms with Gasteiger partial charge in [-0.2, -0.15) is 5.10 Å². The minimum absolute atomic E-state index is 0.0803. The van der Waals surface area contributed by atoms with Crippen molar-refractivity contribution in [1.29, 1.82) is 0 Å². The Morgan fingerprint density at radius 3 is 2.89 bits per heavy atom. The molecule has 0 spiro atoms. The Kier molecular flexibility index (Phi) is 4.42. The van der Waals surface area contributed by atoms with Gasteiger partial charge in [-0.05, 0) is 41.3 Å². The van der Waals surface area contributed by atoms with Crippen LogP contribution in [0.15, 0.2) is 22.1 Å². The minimum atomic E-state index is 0.0803. The Morgan fingerprint density at radius 2 is 2.39 bits per heavy atom. The number of hydrogen-bond acceptors (Lipinski definition) is 4. The Bertz CT molecular complexity index is 502. The second-order valence-electron chi connectivity index (χ2n) is 3.77. The monoisotopic (exact) mass is 329 g/mol. The van der Waals surface area contributed by atoms with E-state index in [1.54, 1.807) is 24.6 Å². The highest BCUT2D eigenvalue weighted by Gasteiger charge is 2.24. The van der Waals surface area contributed by atoms with Crippen LogP contribution in [0.25, 0.3) is 0 Å². The van der Waals surface area contributed by atoms with Crippen LogP contribution in [0.5, 0.6) is 5.75 Å². The van der Waals surface area contributed by atoms with E-state index in [1.807, 2.05) is 11.7 Å². The van der Waals surface area contributed by atoms with Crippen LogP contribution < -0.4 is 10.1 Å². The second kappa shape index (κ2) is 5.86. The molecule has 0 aliphatic carbocycles. The number of nitrogens with zero attached hydrogens (tertiary/aromatic N) is 2. The lowest BCUT2D eigenvalue weighted by Crippen LogP contribution is -2.21. The summed E-state index contributed by atoms with van der Waals surface area (Å²) in [4.78, 5) is 1.23. The van der Waals surface area contributed by atoms with E-state index in [0.29, 0.717) is 0 Å². The normalized spacial score (nSPS) is 12.7. The summed E-state index contributed by atoms with van der Waals surface area (Å²) in [6.07, 6.45) is 1.77. The maximum atomic E-state index is 5.41. The Morgan fingerprint density at radius 1 is 1.61 bits per heavy atom. The molecule has 0 bridgehead atoms. The zero-order chi connectivity index (χ0) is 13.1. The summed E-state index contributed by atoms with van der Waals surface area (Å²) in [7, 11) is 3.62. The summed E-state index contributed by atoms with van der Waals surface area (Å²) < 4.78 is 8.49. The molecule has 6 heteroatoms. The van der Waals surface area contributed by atoms with Crippen molar-refractivity contribution in [2.75, 3.05) is 14.2 Å². The molecule has 2 rings (SSSR count). The first-order valence-corrected chi connectivity index (χ1v) is 7.40. The first kappa shape index (κ1) is 13.6. The van der Waals surface area contributed by atoms with Gasteiger partial charge >= 0.3 is 0 Å². The summed E-state index contributed by atoms with van der Waals surface area (Å²) in [6.45, 7) is 2.89. The Hall–Kier alpha value is -0.850. The SMILES string of the molecule is CCn1ncc(OC)c1C(NC)c1sccc1Br. The van der Waals surface area contributed by atoms with Crippen LogP contribution in [0.3, 0.4) is 0 Å². The molecule has 2 aromatic rings. The van der Waals surface area contributed by atoms with Crippen LogP contribution in [0, 0.1) is 0 Å². The summed E-state index contributed by atoms with van der Waals surface area (Å²) in [6, 6.07) is 2.14. The number of aromatic nitrogens is 2. The van der Waals surface area contributed by atoms with E-state index in [-0.39, 0.29) is 6.04 Å². The number of hydrogen-bond donors (Lipinski definition) is 1. The molecule has 2 heterocycles. The van der Waals surface area contributed by atoms with Crippen LogP contribution in [0.2, 0.25) is 0 Å². The van der Waals surface area contributed by atoms with Crippen molar-refractivity contribution in [3.63, 3.8) is 0 Å². The van der Waals surface area contributed by atoms with E-state index in [0.717, 1.165) is 22.5 Å². The average molecular weight is 330 g/mol. The lowest BCUT2D eigenvalue weighted by molar-refractivity contribution is 0.401. The van der Waals surface area contributed by atoms with Crippen molar-refractivity contribution in [2.45, 2.75) is 19.5 Å². The number of halogens is 1. The van der Waals surface area contributed by atoms with Crippen LogP contribution in [0.1, 0.15) is 23.5 Å². The van der Waals surface area contributed by atoms with E-state index >= 15 is 0 Å². The lowest BCUT2D eigenvalue weighted by Gasteiger charge is -2.18. The van der Waals surface area contributed by atoms with Gasteiger partial charge in [-0.3, -0.25) is 4.68 Å². The van der Waals surface area contributed by atoms with Gasteiger partial charge in [-0.25, -0.2) is 0 Å². The molecular formula is C12H16BrN3OS. The highest BCUT2D eigenvalue weighted by atomic mass is 79.9. The van der Waals surface area contributed by atoms with Crippen LogP contribution in [0.4, 0.5) is 0 Å². The van der Waals surface area contributed by atoms with Crippen molar-refractivity contribution < 1.29 is 4.74 Å². The van der Waals surface area contributed by atoms with Crippen molar-refractivity contribution >= 4 is 27.3 Å². The number of nitrogens with one attached hydrogen (secondary N) is 1. The molecule has 0 saturated carbocycles. The number of thiophene rings is 1. The molecule has 4 nitrogen and oxygen atoms in total. The molecule has 18 heavy (non-hydrogen) atoms. The van der Waals surface area contributed by atoms with Crippen molar-refractivity contribution in [1.82, 2.24) is 15.1 Å². The zero-order valence-electron chi connectivity index (χ0n) is 10.6. The molecule has 0 amide bonds. The van der Waals surface area contributed by atoms with E-state index in [2.05, 4.69) is 44.7 Å². The van der Waals surface area contributed by atoms with Gasteiger partial charge < -0.3 is 10.1 Å². The largest absolute Gasteiger partial charge is 0.493 e. The van der Waals surface area contributed by atoms with E-state index < -0.39 is 0 Å². The molecule has 0 fully saturated rings. The van der Waals surface area contributed by atoms with Gasteiger partial charge in [-0.15, -0.1) is 11.3 Å². The number of aryl methyl sites for hydroxylation is 1. The Balaban J connectivity index is 2.50. The van der Waals surface area contributed by atoms with Gasteiger partial charge in [0.1, 0.15) is 5.69 Å². The Labute approximate surface area is 119 Å². The maximum absolute atomic E-state index is 5.41. The summed E-state index contributed by atoms with van der Waals surface area (Å²) in [5.74, 6) is 0.816. The highest BCUT2D eigenvalue weighted by molar-refractivity contribution is 9.10. The van der Waals surface area contributed by atoms with Crippen LogP contribution in [-0.2, 0) is 6.54 Å². The molecule has 0 aliphatic rings. The summed E-state index contributed by atoms with van der Waals surface area (Å²) in [5, 5.41) is 9.76. The van der Waals surface area contributed by atoms with Crippen molar-refractivity contribution in [3.8, 4) is 5.75 Å². The molecule has 0 aromatic carbocycles. The molecule has 1 unspecified atom stereocenters. The first-order chi connectivity index (χ1) is 8.72. The van der Waals surface area contributed by atoms with Crippen LogP contribution >= 0.6 is 27.3 Å². The molecule has 0 aliphatic heterocycles. The highest BCUT2D eigenvalue weighted by Crippen LogP contribution is 2.36. The zero-order valence-corrected chi connectivity index (χ0v) is 13.0. The third-order valence-corrected chi connectivity index (χ3v) is 4.77. The molecule has 1 atom stereocenters. The first-order valence-electron chi connectivity index (χ1n) is 5.72. The fourth-order valence-corrected chi connectivity index (χ4v) is 3.69. The average Bonchev–Trinajstić information content (AvgIpc) is 2.98. The third-order valence-electron chi connectivity index (χ3n) is 2.83. The molecule has 98 valence electrons. The van der Waals surface area contributed by atoms with Crippen molar-refractivity contribution in [3.05, 3.63) is 32.7 Å². The van der Waals surface area contributed by atoms with Gasteiger partial charge in [-0.1, -0.05) is 0 Å². The standard InChI is InChI=1S/C12H16BrN3OS/c1-4-16-11(9(17-3)7-15-16)10(14-2)12-8(13)5-6-18-12/h5-7,10,14H,4H2,1-3H3. The topological polar surface area (TPSA) is 39.1 Å². The van der Waals surface area contributed by atoms with E-state index in [1.165, 1.54) is 4.88 Å². The maximum Gasteiger partial charge on any atom is 0.161 e. The number of rotatable bonds is 5. The fourth-order valence-electron chi connectivity index (χ4n) is 1.98. The van der Waals surface area contributed by atoms with E-state index in [4.69, 9.17) is 4.74 Å². The van der Waals surface area contributed by atoms with Gasteiger partial charge in [0.25, 0.3) is 0 Å². The van der Waals surface area contributed by atoms with Gasteiger partial charge in [0.15, 0.2) is 5.75 Å². The fraction of sp³-hybridized carbons (Fsp3) is 0.417. The van der Waals surface area contributed by atoms with Crippen LogP contribution in [-0.4, -0.2) is 23.9 Å². The predicted molar refractivity (Wildman–Crippen MR) is 77.4 cm³/mol. The number of methoxy groups -OCH3 is 1. The molecule has 0 radical (unpaired) electrons. The molecule has 1 N–H and O–H groups in total. The summed E-state index contributed by atoms with van der Waals surface area (Å²) >= 11 is 5.30. The minimum Gasteiger partial charge on any atom is -0.493 e. The predicted octanol–water partition coefficient (Wildman–Crippen LogP) is 3.04. The van der Waals surface area contributed by atoms with E-state index in [9.17, 15) is 0 Å². The lowest BCUT2D eigenvalue weighted by atomic mass is 10.1. The molecular weight excluding hydrogens is 314 g/mol. The van der Waals surface area contributed by atoms with Gasteiger partial charge in [0.05, 0.1) is 19.3 Å². The second-order valence-corrected chi connectivity index (χ2v) is 5.57. The molecule has 0 saturated heterocycles. The number of ether oxygens (including phenoxy) is 1. The smallest absolute Gasteiger partial charge is 0.161 e. The summed E-state index contributed by atoms with van der Waals surface area (Å²) in [5.41, 5.74) is 1.06. The molecule has 2 aromatic heterocycles. The third kappa shape index (κ3) is 2.32. The van der Waals surface area contributed by atoms with Gasteiger partial charge in [0, 0.05) is 15.9 Å². The van der Waals surface area contributed by atoms with Gasteiger partial charge in [0.2, 0.25) is 0 Å². The quantitative estimate of drug-likeness (QED) is 0.916. The van der Waals surface area contributed by atoms with Crippen molar-refractivity contribution in [2.24, 2.45) is 0 Å².